The molecule has 0 radical (unpaired) electrons. The van der Waals surface area contributed by atoms with Gasteiger partial charge in [-0.05, 0) is 33.6 Å². The Kier molecular flexibility index (Phi) is 3.25. The van der Waals surface area contributed by atoms with E-state index in [-0.39, 0.29) is 14.9 Å². The number of sulfonamides is 1. The molecule has 0 fully saturated rings. The molecule has 1 aromatic carbocycles. The third-order valence-corrected chi connectivity index (χ3v) is 3.69. The number of aliphatic hydroxyl groups is 1. The van der Waals surface area contributed by atoms with Gasteiger partial charge in [-0.15, -0.1) is 0 Å². The average molecular weight is 284 g/mol. The highest BCUT2D eigenvalue weighted by Gasteiger charge is 2.16. The zero-order valence-electron chi connectivity index (χ0n) is 6.87. The fraction of sp³-hybridized carbons (Fsp3) is 0.143. The third kappa shape index (κ3) is 2.30. The summed E-state index contributed by atoms with van der Waals surface area (Å²) < 4.78 is 34.9. The molecule has 0 bridgehead atoms. The van der Waals surface area contributed by atoms with Crippen LogP contribution in [0.3, 0.4) is 0 Å². The summed E-state index contributed by atoms with van der Waals surface area (Å²) in [5.41, 5.74) is 0.133. The first kappa shape index (κ1) is 11.6. The Balaban J connectivity index is 3.53. The van der Waals surface area contributed by atoms with Crippen LogP contribution in [0.5, 0.6) is 0 Å². The van der Waals surface area contributed by atoms with Crippen LogP contribution in [-0.4, -0.2) is 13.5 Å². The first-order valence-corrected chi connectivity index (χ1v) is 5.81. The van der Waals surface area contributed by atoms with Crippen molar-refractivity contribution in [2.24, 2.45) is 5.14 Å². The fourth-order valence-electron chi connectivity index (χ4n) is 0.940. The van der Waals surface area contributed by atoms with Crippen molar-refractivity contribution in [2.45, 2.75) is 11.5 Å². The molecule has 3 N–H and O–H groups in total. The molecule has 0 atom stereocenters. The molecule has 0 saturated carbocycles. The number of primary sulfonamides is 1. The van der Waals surface area contributed by atoms with Crippen molar-refractivity contribution in [1.29, 1.82) is 0 Å². The number of hydrogen-bond acceptors (Lipinski definition) is 3. The zero-order chi connectivity index (χ0) is 10.9. The van der Waals surface area contributed by atoms with Gasteiger partial charge in [0, 0.05) is 4.47 Å². The van der Waals surface area contributed by atoms with Crippen LogP contribution < -0.4 is 5.14 Å². The lowest BCUT2D eigenvalue weighted by Gasteiger charge is -2.06. The van der Waals surface area contributed by atoms with Crippen molar-refractivity contribution >= 4 is 26.0 Å². The molecule has 0 aliphatic heterocycles. The molecule has 14 heavy (non-hydrogen) atoms. The minimum atomic E-state index is -3.99. The molecule has 7 heteroatoms. The van der Waals surface area contributed by atoms with Gasteiger partial charge in [-0.1, -0.05) is 0 Å². The van der Waals surface area contributed by atoms with Crippen molar-refractivity contribution in [2.75, 3.05) is 0 Å². The van der Waals surface area contributed by atoms with E-state index in [0.717, 1.165) is 12.1 Å². The van der Waals surface area contributed by atoms with Gasteiger partial charge in [0.2, 0.25) is 10.0 Å². The Morgan fingerprint density at radius 2 is 2.07 bits per heavy atom. The van der Waals surface area contributed by atoms with Gasteiger partial charge in [0.25, 0.3) is 0 Å². The lowest BCUT2D eigenvalue weighted by molar-refractivity contribution is 0.280. The Morgan fingerprint density at radius 3 is 2.50 bits per heavy atom. The molecule has 0 unspecified atom stereocenters. The van der Waals surface area contributed by atoms with Gasteiger partial charge >= 0.3 is 0 Å². The Bertz CT molecular complexity index is 460. The SMILES string of the molecule is NS(=O)(=O)c1cc(F)cc(CO)c1Br. The molecule has 0 heterocycles. The quantitative estimate of drug-likeness (QED) is 0.840. The van der Waals surface area contributed by atoms with Gasteiger partial charge in [-0.2, -0.15) is 0 Å². The second-order valence-electron chi connectivity index (χ2n) is 2.58. The molecule has 0 saturated heterocycles. The number of aliphatic hydroxyl groups excluding tert-OH is 1. The van der Waals surface area contributed by atoms with Crippen molar-refractivity contribution in [1.82, 2.24) is 0 Å². The summed E-state index contributed by atoms with van der Waals surface area (Å²) in [5.74, 6) is -0.763. The van der Waals surface area contributed by atoms with E-state index in [1.54, 1.807) is 0 Å². The van der Waals surface area contributed by atoms with Crippen LogP contribution in [0.15, 0.2) is 21.5 Å². The summed E-state index contributed by atoms with van der Waals surface area (Å²) in [4.78, 5) is -0.374. The van der Waals surface area contributed by atoms with E-state index in [1.165, 1.54) is 0 Å². The number of benzene rings is 1. The van der Waals surface area contributed by atoms with Crippen molar-refractivity contribution in [3.05, 3.63) is 28.0 Å². The van der Waals surface area contributed by atoms with Crippen LogP contribution in [-0.2, 0) is 16.6 Å². The van der Waals surface area contributed by atoms with Gasteiger partial charge in [-0.3, -0.25) is 0 Å². The van der Waals surface area contributed by atoms with E-state index in [1.807, 2.05) is 0 Å². The van der Waals surface area contributed by atoms with Gasteiger partial charge in [0.05, 0.1) is 11.5 Å². The highest BCUT2D eigenvalue weighted by atomic mass is 79.9. The molecular weight excluding hydrogens is 277 g/mol. The summed E-state index contributed by atoms with van der Waals surface area (Å²) in [5, 5.41) is 13.6. The minimum absolute atomic E-state index is 0.0869. The largest absolute Gasteiger partial charge is 0.392 e. The lowest BCUT2D eigenvalue weighted by atomic mass is 10.2. The first-order chi connectivity index (χ1) is 6.36. The first-order valence-electron chi connectivity index (χ1n) is 3.48. The zero-order valence-corrected chi connectivity index (χ0v) is 9.27. The molecule has 0 spiro atoms. The van der Waals surface area contributed by atoms with E-state index >= 15 is 0 Å². The van der Waals surface area contributed by atoms with E-state index in [4.69, 9.17) is 10.2 Å². The molecule has 0 aliphatic rings. The summed E-state index contributed by atoms with van der Waals surface area (Å²) in [6, 6.07) is 1.82. The van der Waals surface area contributed by atoms with E-state index in [0.29, 0.717) is 0 Å². The maximum Gasteiger partial charge on any atom is 0.239 e. The standard InChI is InChI=1S/C7H7BrFNO3S/c8-7-4(3-11)1-5(9)2-6(7)14(10,12)13/h1-2,11H,3H2,(H2,10,12,13). The molecule has 4 nitrogen and oxygen atoms in total. The second kappa shape index (κ2) is 3.93. The third-order valence-electron chi connectivity index (χ3n) is 1.56. The summed E-state index contributed by atoms with van der Waals surface area (Å²) in [7, 11) is -3.99. The lowest BCUT2D eigenvalue weighted by Crippen LogP contribution is -2.14. The molecular formula is C7H7BrFNO3S. The van der Waals surface area contributed by atoms with Crippen LogP contribution in [0, 0.1) is 5.82 Å². The van der Waals surface area contributed by atoms with Gasteiger partial charge in [0.1, 0.15) is 5.82 Å². The summed E-state index contributed by atoms with van der Waals surface area (Å²) in [6.45, 7) is -0.471. The van der Waals surface area contributed by atoms with Crippen molar-refractivity contribution in [3.8, 4) is 0 Å². The second-order valence-corrected chi connectivity index (χ2v) is 4.90. The molecule has 0 aromatic heterocycles. The van der Waals surface area contributed by atoms with Crippen molar-refractivity contribution < 1.29 is 17.9 Å². The van der Waals surface area contributed by atoms with Crippen LogP contribution >= 0.6 is 15.9 Å². The van der Waals surface area contributed by atoms with E-state index in [9.17, 15) is 12.8 Å². The van der Waals surface area contributed by atoms with Crippen LogP contribution in [0.4, 0.5) is 4.39 Å². The summed E-state index contributed by atoms with van der Waals surface area (Å²) in [6.07, 6.45) is 0. The Labute approximate surface area is 88.7 Å². The molecule has 0 aliphatic carbocycles. The van der Waals surface area contributed by atoms with Crippen LogP contribution in [0.25, 0.3) is 0 Å². The number of nitrogens with two attached hydrogens (primary N) is 1. The number of hydrogen-bond donors (Lipinski definition) is 2. The van der Waals surface area contributed by atoms with Gasteiger partial charge in [0.15, 0.2) is 0 Å². The number of halogens is 2. The smallest absolute Gasteiger partial charge is 0.239 e. The molecule has 78 valence electrons. The maximum absolute atomic E-state index is 12.9. The highest BCUT2D eigenvalue weighted by Crippen LogP contribution is 2.26. The average Bonchev–Trinajstić information content (AvgIpc) is 2.06. The topological polar surface area (TPSA) is 80.4 Å². The molecule has 0 amide bonds. The Morgan fingerprint density at radius 1 is 1.50 bits per heavy atom. The summed E-state index contributed by atoms with van der Waals surface area (Å²) >= 11 is 2.93. The Hall–Kier alpha value is -0.500. The van der Waals surface area contributed by atoms with Gasteiger partial charge < -0.3 is 5.11 Å². The maximum atomic E-state index is 12.9. The molecule has 1 aromatic rings. The fourth-order valence-corrected chi connectivity index (χ4v) is 2.63. The van der Waals surface area contributed by atoms with Gasteiger partial charge in [-0.25, -0.2) is 17.9 Å². The van der Waals surface area contributed by atoms with E-state index in [2.05, 4.69) is 15.9 Å². The predicted octanol–water partition coefficient (Wildman–Crippen LogP) is 0.728. The predicted molar refractivity (Wildman–Crippen MR) is 51.4 cm³/mol. The monoisotopic (exact) mass is 283 g/mol. The van der Waals surface area contributed by atoms with Crippen LogP contribution in [0.2, 0.25) is 0 Å². The number of rotatable bonds is 2. The van der Waals surface area contributed by atoms with E-state index < -0.39 is 22.4 Å². The van der Waals surface area contributed by atoms with Crippen LogP contribution in [0.1, 0.15) is 5.56 Å². The normalized spacial score (nSPS) is 11.7. The minimum Gasteiger partial charge on any atom is -0.392 e. The highest BCUT2D eigenvalue weighted by molar-refractivity contribution is 9.10. The molecule has 1 rings (SSSR count). The van der Waals surface area contributed by atoms with Crippen molar-refractivity contribution in [3.63, 3.8) is 0 Å².